The third kappa shape index (κ3) is 3.98. The van der Waals surface area contributed by atoms with Crippen molar-refractivity contribution in [3.8, 4) is 0 Å². The van der Waals surface area contributed by atoms with E-state index < -0.39 is 0 Å². The molecule has 4 nitrogen and oxygen atoms in total. The van der Waals surface area contributed by atoms with Crippen molar-refractivity contribution in [3.05, 3.63) is 0 Å². The van der Waals surface area contributed by atoms with Crippen molar-refractivity contribution >= 4 is 5.91 Å². The summed E-state index contributed by atoms with van der Waals surface area (Å²) in [4.78, 5) is 17.2. The second kappa shape index (κ2) is 7.10. The van der Waals surface area contributed by atoms with E-state index in [0.717, 1.165) is 45.6 Å². The molecule has 21 heavy (non-hydrogen) atoms. The lowest BCUT2D eigenvalue weighted by Crippen LogP contribution is -2.52. The van der Waals surface area contributed by atoms with Crippen LogP contribution in [0.15, 0.2) is 0 Å². The lowest BCUT2D eigenvalue weighted by molar-refractivity contribution is -0.135. The smallest absolute Gasteiger partial charge is 0.222 e. The van der Waals surface area contributed by atoms with E-state index in [1.54, 1.807) is 0 Å². The molecule has 1 atom stereocenters. The van der Waals surface area contributed by atoms with Crippen molar-refractivity contribution in [1.82, 2.24) is 15.1 Å². The van der Waals surface area contributed by atoms with Gasteiger partial charge in [-0.3, -0.25) is 4.79 Å². The van der Waals surface area contributed by atoms with E-state index in [4.69, 9.17) is 0 Å². The SMILES string of the molecule is O=C(CCCN1CCCC1)N1CCCC2(CCCNC2)C1. The number of piperidine rings is 2. The van der Waals surface area contributed by atoms with Crippen LogP contribution >= 0.6 is 0 Å². The van der Waals surface area contributed by atoms with Crippen LogP contribution in [0.3, 0.4) is 0 Å². The third-order valence-corrected chi connectivity index (χ3v) is 5.64. The maximum absolute atomic E-state index is 12.5. The molecule has 0 saturated carbocycles. The van der Waals surface area contributed by atoms with Gasteiger partial charge >= 0.3 is 0 Å². The average molecular weight is 293 g/mol. The molecule has 3 aliphatic rings. The molecule has 3 rings (SSSR count). The molecule has 1 amide bonds. The summed E-state index contributed by atoms with van der Waals surface area (Å²) in [7, 11) is 0. The summed E-state index contributed by atoms with van der Waals surface area (Å²) in [6.07, 6.45) is 9.55. The third-order valence-electron chi connectivity index (χ3n) is 5.64. The van der Waals surface area contributed by atoms with Gasteiger partial charge in [0, 0.05) is 31.5 Å². The minimum absolute atomic E-state index is 0.390. The predicted molar refractivity (Wildman–Crippen MR) is 85.3 cm³/mol. The monoisotopic (exact) mass is 293 g/mol. The van der Waals surface area contributed by atoms with Crippen molar-refractivity contribution in [2.75, 3.05) is 45.8 Å². The number of amides is 1. The Bertz CT molecular complexity index is 340. The Balaban J connectivity index is 1.43. The second-order valence-corrected chi connectivity index (χ2v) is 7.35. The van der Waals surface area contributed by atoms with Crippen LogP contribution in [-0.2, 0) is 4.79 Å². The molecule has 120 valence electrons. The molecule has 0 aromatic heterocycles. The molecular weight excluding hydrogens is 262 g/mol. The van der Waals surface area contributed by atoms with Crippen LogP contribution in [0.5, 0.6) is 0 Å². The number of likely N-dealkylation sites (tertiary alicyclic amines) is 2. The Morgan fingerprint density at radius 2 is 1.86 bits per heavy atom. The molecule has 0 aliphatic carbocycles. The van der Waals surface area contributed by atoms with Crippen molar-refractivity contribution in [3.63, 3.8) is 0 Å². The van der Waals surface area contributed by atoms with E-state index in [1.165, 1.54) is 51.6 Å². The van der Waals surface area contributed by atoms with Gasteiger partial charge in [-0.1, -0.05) is 0 Å². The molecule has 3 fully saturated rings. The molecule has 0 aromatic carbocycles. The number of nitrogens with zero attached hydrogens (tertiary/aromatic N) is 2. The summed E-state index contributed by atoms with van der Waals surface area (Å²) in [6, 6.07) is 0. The van der Waals surface area contributed by atoms with Crippen LogP contribution in [0.2, 0.25) is 0 Å². The van der Waals surface area contributed by atoms with Gasteiger partial charge < -0.3 is 15.1 Å². The Kier molecular flexibility index (Phi) is 5.17. The first-order valence-electron chi connectivity index (χ1n) is 8.98. The van der Waals surface area contributed by atoms with Gasteiger partial charge in [0.25, 0.3) is 0 Å². The second-order valence-electron chi connectivity index (χ2n) is 7.35. The fraction of sp³-hybridized carbons (Fsp3) is 0.941. The summed E-state index contributed by atoms with van der Waals surface area (Å²) in [5, 5.41) is 3.54. The van der Waals surface area contributed by atoms with Gasteiger partial charge in [-0.2, -0.15) is 0 Å². The van der Waals surface area contributed by atoms with E-state index in [0.29, 0.717) is 11.3 Å². The zero-order chi connectivity index (χ0) is 14.5. The molecule has 4 heteroatoms. The summed E-state index contributed by atoms with van der Waals surface area (Å²) < 4.78 is 0. The van der Waals surface area contributed by atoms with Crippen LogP contribution in [0, 0.1) is 5.41 Å². The number of rotatable bonds is 4. The molecular formula is C17H31N3O. The average Bonchev–Trinajstić information content (AvgIpc) is 3.01. The normalized spacial score (nSPS) is 31.0. The molecule has 0 radical (unpaired) electrons. The fourth-order valence-electron chi connectivity index (χ4n) is 4.42. The summed E-state index contributed by atoms with van der Waals surface area (Å²) in [5.74, 6) is 0.402. The predicted octanol–water partition coefficient (Wildman–Crippen LogP) is 1.85. The van der Waals surface area contributed by atoms with Crippen LogP contribution in [0.25, 0.3) is 0 Å². The number of hydrogen-bond donors (Lipinski definition) is 1. The van der Waals surface area contributed by atoms with Gasteiger partial charge in [-0.05, 0) is 71.1 Å². The van der Waals surface area contributed by atoms with Crippen LogP contribution < -0.4 is 5.32 Å². The van der Waals surface area contributed by atoms with Gasteiger partial charge in [0.05, 0.1) is 0 Å². The molecule has 3 saturated heterocycles. The van der Waals surface area contributed by atoms with Crippen molar-refractivity contribution in [2.45, 2.75) is 51.4 Å². The van der Waals surface area contributed by atoms with Crippen LogP contribution in [0.4, 0.5) is 0 Å². The molecule has 0 bridgehead atoms. The highest BCUT2D eigenvalue weighted by Gasteiger charge is 2.37. The van der Waals surface area contributed by atoms with E-state index in [9.17, 15) is 4.79 Å². The Hall–Kier alpha value is -0.610. The van der Waals surface area contributed by atoms with Gasteiger partial charge in [-0.25, -0.2) is 0 Å². The molecule has 1 spiro atoms. The lowest BCUT2D eigenvalue weighted by Gasteiger charge is -2.45. The molecule has 1 N–H and O–H groups in total. The molecule has 1 unspecified atom stereocenters. The highest BCUT2D eigenvalue weighted by molar-refractivity contribution is 5.76. The highest BCUT2D eigenvalue weighted by atomic mass is 16.2. The number of carbonyl (C=O) groups is 1. The summed E-state index contributed by atoms with van der Waals surface area (Å²) in [5.41, 5.74) is 0.390. The standard InChI is InChI=1S/C17H31N3O/c21-16(6-3-12-19-10-1-2-11-19)20-13-5-8-17(15-20)7-4-9-18-14-17/h18H,1-15H2. The fourth-order valence-corrected chi connectivity index (χ4v) is 4.42. The van der Waals surface area contributed by atoms with E-state index in [-0.39, 0.29) is 0 Å². The highest BCUT2D eigenvalue weighted by Crippen LogP contribution is 2.36. The van der Waals surface area contributed by atoms with Crippen molar-refractivity contribution in [1.29, 1.82) is 0 Å². The maximum atomic E-state index is 12.5. The summed E-state index contributed by atoms with van der Waals surface area (Å²) >= 11 is 0. The molecule has 3 heterocycles. The van der Waals surface area contributed by atoms with Gasteiger partial charge in [0.2, 0.25) is 5.91 Å². The van der Waals surface area contributed by atoms with E-state index >= 15 is 0 Å². The number of nitrogens with one attached hydrogen (secondary N) is 1. The maximum Gasteiger partial charge on any atom is 0.222 e. The van der Waals surface area contributed by atoms with Gasteiger partial charge in [0.15, 0.2) is 0 Å². The number of hydrogen-bond acceptors (Lipinski definition) is 3. The van der Waals surface area contributed by atoms with Gasteiger partial charge in [0.1, 0.15) is 0 Å². The Labute approximate surface area is 129 Å². The minimum atomic E-state index is 0.390. The molecule has 0 aromatic rings. The first-order valence-corrected chi connectivity index (χ1v) is 8.98. The lowest BCUT2D eigenvalue weighted by atomic mass is 9.74. The van der Waals surface area contributed by atoms with Crippen molar-refractivity contribution in [2.24, 2.45) is 5.41 Å². The van der Waals surface area contributed by atoms with Crippen LogP contribution in [0.1, 0.15) is 51.4 Å². The number of carbonyl (C=O) groups excluding carboxylic acids is 1. The quantitative estimate of drug-likeness (QED) is 0.859. The minimum Gasteiger partial charge on any atom is -0.342 e. The zero-order valence-electron chi connectivity index (χ0n) is 13.4. The largest absolute Gasteiger partial charge is 0.342 e. The Morgan fingerprint density at radius 1 is 1.05 bits per heavy atom. The molecule has 3 aliphatic heterocycles. The first kappa shape index (κ1) is 15.3. The van der Waals surface area contributed by atoms with E-state index in [1.807, 2.05) is 0 Å². The van der Waals surface area contributed by atoms with Crippen molar-refractivity contribution < 1.29 is 4.79 Å². The van der Waals surface area contributed by atoms with Gasteiger partial charge in [-0.15, -0.1) is 0 Å². The summed E-state index contributed by atoms with van der Waals surface area (Å²) in [6.45, 7) is 7.87. The first-order chi connectivity index (χ1) is 10.3. The van der Waals surface area contributed by atoms with Crippen LogP contribution in [-0.4, -0.2) is 61.5 Å². The Morgan fingerprint density at radius 3 is 2.62 bits per heavy atom. The zero-order valence-corrected chi connectivity index (χ0v) is 13.4. The van der Waals surface area contributed by atoms with E-state index in [2.05, 4.69) is 15.1 Å². The topological polar surface area (TPSA) is 35.6 Å².